The lowest BCUT2D eigenvalue weighted by molar-refractivity contribution is 0.240. The van der Waals surface area contributed by atoms with Gasteiger partial charge < -0.3 is 4.57 Å². The smallest absolute Gasteiger partial charge is 0.167 e. The van der Waals surface area contributed by atoms with Crippen LogP contribution in [0.15, 0.2) is 43.0 Å². The lowest BCUT2D eigenvalue weighted by Crippen LogP contribution is -2.23. The van der Waals surface area contributed by atoms with Gasteiger partial charge in [-0.3, -0.25) is 10.00 Å². The molecule has 3 aromatic rings. The van der Waals surface area contributed by atoms with Crippen molar-refractivity contribution in [2.45, 2.75) is 32.4 Å². The average molecular weight is 308 g/mol. The third kappa shape index (κ3) is 2.90. The number of imidazole rings is 1. The van der Waals surface area contributed by atoms with E-state index < -0.39 is 0 Å². The topological polar surface area (TPSA) is 62.6 Å². The zero-order valence-corrected chi connectivity index (χ0v) is 13.2. The Kier molecular flexibility index (Phi) is 3.67. The second-order valence-corrected chi connectivity index (χ2v) is 6.04. The van der Waals surface area contributed by atoms with Gasteiger partial charge in [0.15, 0.2) is 5.82 Å². The molecule has 1 N–H and O–H groups in total. The Labute approximate surface area is 135 Å². The molecule has 1 atom stereocenters. The molecule has 0 aliphatic carbocycles. The summed E-state index contributed by atoms with van der Waals surface area (Å²) in [5.41, 5.74) is 2.45. The Morgan fingerprint density at radius 1 is 1.26 bits per heavy atom. The minimum absolute atomic E-state index is 0.327. The number of rotatable bonds is 4. The van der Waals surface area contributed by atoms with Gasteiger partial charge in [-0.1, -0.05) is 12.1 Å². The highest BCUT2D eigenvalue weighted by molar-refractivity contribution is 5.34. The van der Waals surface area contributed by atoms with Crippen molar-refractivity contribution in [1.29, 1.82) is 0 Å². The molecule has 0 bridgehead atoms. The van der Waals surface area contributed by atoms with E-state index in [4.69, 9.17) is 0 Å². The summed E-state index contributed by atoms with van der Waals surface area (Å²) in [6.07, 6.45) is 7.89. The van der Waals surface area contributed by atoms with Crippen LogP contribution in [0.1, 0.15) is 36.1 Å². The summed E-state index contributed by atoms with van der Waals surface area (Å²) >= 11 is 0. The highest BCUT2D eigenvalue weighted by Crippen LogP contribution is 2.31. The number of nitrogens with zero attached hydrogens (tertiary/aromatic N) is 5. The van der Waals surface area contributed by atoms with E-state index in [2.05, 4.69) is 49.3 Å². The summed E-state index contributed by atoms with van der Waals surface area (Å²) < 4.78 is 2.01. The zero-order chi connectivity index (χ0) is 15.6. The first-order valence-electron chi connectivity index (χ1n) is 8.00. The first-order chi connectivity index (χ1) is 11.3. The lowest BCUT2D eigenvalue weighted by Gasteiger charge is -2.22. The van der Waals surface area contributed by atoms with Crippen molar-refractivity contribution in [2.24, 2.45) is 0 Å². The molecule has 2 aromatic heterocycles. The number of likely N-dealkylation sites (tertiary alicyclic amines) is 1. The third-order valence-corrected chi connectivity index (χ3v) is 4.40. The number of H-pyrrole nitrogens is 1. The number of aromatic amines is 1. The zero-order valence-electron chi connectivity index (χ0n) is 13.2. The molecule has 0 saturated carbocycles. The molecule has 4 rings (SSSR count). The van der Waals surface area contributed by atoms with Crippen LogP contribution in [0.3, 0.4) is 0 Å². The highest BCUT2D eigenvalue weighted by Gasteiger charge is 2.28. The van der Waals surface area contributed by atoms with Crippen LogP contribution >= 0.6 is 0 Å². The molecule has 118 valence electrons. The predicted octanol–water partition coefficient (Wildman–Crippen LogP) is 2.64. The van der Waals surface area contributed by atoms with Crippen LogP contribution in [0.5, 0.6) is 0 Å². The first-order valence-corrected chi connectivity index (χ1v) is 8.00. The molecule has 1 aliphatic rings. The second-order valence-electron chi connectivity index (χ2n) is 6.04. The summed E-state index contributed by atoms with van der Waals surface area (Å²) in [6, 6.07) is 8.98. The van der Waals surface area contributed by atoms with E-state index in [1.54, 1.807) is 6.20 Å². The molecular weight excluding hydrogens is 288 g/mol. The van der Waals surface area contributed by atoms with Gasteiger partial charge in [0, 0.05) is 24.6 Å². The predicted molar refractivity (Wildman–Crippen MR) is 87.1 cm³/mol. The minimum Gasteiger partial charge on any atom is -0.306 e. The Hall–Kier alpha value is -2.47. The quantitative estimate of drug-likeness (QED) is 0.805. The molecule has 1 aromatic carbocycles. The first kappa shape index (κ1) is 14.1. The van der Waals surface area contributed by atoms with Gasteiger partial charge in [0.25, 0.3) is 0 Å². The Bertz CT molecular complexity index is 759. The SMILES string of the molecule is Cc1nc([C@H]2CCCN2Cc2ccc(-n3ccnc3)cc2)n[nH]1. The van der Waals surface area contributed by atoms with Crippen LogP contribution in [-0.2, 0) is 6.54 Å². The molecule has 0 amide bonds. The van der Waals surface area contributed by atoms with E-state index in [1.807, 2.05) is 24.0 Å². The van der Waals surface area contributed by atoms with Crippen molar-refractivity contribution in [3.63, 3.8) is 0 Å². The summed E-state index contributed by atoms with van der Waals surface area (Å²) in [7, 11) is 0. The summed E-state index contributed by atoms with van der Waals surface area (Å²) in [5.74, 6) is 1.81. The molecule has 1 saturated heterocycles. The summed E-state index contributed by atoms with van der Waals surface area (Å²) in [5, 5.41) is 7.31. The van der Waals surface area contributed by atoms with Crippen LogP contribution in [0, 0.1) is 6.92 Å². The number of benzene rings is 1. The number of aryl methyl sites for hydroxylation is 1. The molecule has 6 nitrogen and oxygen atoms in total. The van der Waals surface area contributed by atoms with Gasteiger partial charge in [-0.2, -0.15) is 5.10 Å². The molecule has 1 fully saturated rings. The average Bonchev–Trinajstić information content (AvgIpc) is 3.29. The monoisotopic (exact) mass is 308 g/mol. The van der Waals surface area contributed by atoms with Crippen LogP contribution in [-0.4, -0.2) is 36.2 Å². The fourth-order valence-electron chi connectivity index (χ4n) is 3.24. The van der Waals surface area contributed by atoms with E-state index in [-0.39, 0.29) is 0 Å². The molecule has 0 spiro atoms. The van der Waals surface area contributed by atoms with Gasteiger partial charge in [-0.25, -0.2) is 9.97 Å². The van der Waals surface area contributed by atoms with E-state index >= 15 is 0 Å². The van der Waals surface area contributed by atoms with Crippen LogP contribution < -0.4 is 0 Å². The molecule has 0 unspecified atom stereocenters. The van der Waals surface area contributed by atoms with Gasteiger partial charge in [-0.15, -0.1) is 0 Å². The lowest BCUT2D eigenvalue weighted by atomic mass is 10.1. The van der Waals surface area contributed by atoms with Crippen LogP contribution in [0.2, 0.25) is 0 Å². The fraction of sp³-hybridized carbons (Fsp3) is 0.353. The second kappa shape index (κ2) is 5.96. The normalized spacial score (nSPS) is 18.6. The van der Waals surface area contributed by atoms with Crippen molar-refractivity contribution < 1.29 is 0 Å². The molecular formula is C17H20N6. The van der Waals surface area contributed by atoms with E-state index in [1.165, 1.54) is 12.0 Å². The van der Waals surface area contributed by atoms with Crippen molar-refractivity contribution in [1.82, 2.24) is 29.6 Å². The largest absolute Gasteiger partial charge is 0.306 e. The maximum absolute atomic E-state index is 4.51. The maximum Gasteiger partial charge on any atom is 0.167 e. The summed E-state index contributed by atoms with van der Waals surface area (Å²) in [4.78, 5) is 11.1. The number of hydrogen-bond donors (Lipinski definition) is 1. The highest BCUT2D eigenvalue weighted by atomic mass is 15.3. The molecule has 0 radical (unpaired) electrons. The van der Waals surface area contributed by atoms with Gasteiger partial charge >= 0.3 is 0 Å². The number of hydrogen-bond acceptors (Lipinski definition) is 4. The molecule has 3 heterocycles. The van der Waals surface area contributed by atoms with E-state index in [0.29, 0.717) is 6.04 Å². The number of nitrogens with one attached hydrogen (secondary N) is 1. The summed E-state index contributed by atoms with van der Waals surface area (Å²) in [6.45, 7) is 3.98. The van der Waals surface area contributed by atoms with Crippen molar-refractivity contribution >= 4 is 0 Å². The van der Waals surface area contributed by atoms with Crippen molar-refractivity contribution in [3.05, 3.63) is 60.2 Å². The van der Waals surface area contributed by atoms with Gasteiger partial charge in [0.2, 0.25) is 0 Å². The Morgan fingerprint density at radius 2 is 2.13 bits per heavy atom. The standard InChI is InChI=1S/C17H20N6/c1-13-19-17(21-20-13)16-3-2-9-22(16)11-14-4-6-15(7-5-14)23-10-8-18-12-23/h4-8,10,12,16H,2-3,9,11H2,1H3,(H,19,20,21)/t16-/m1/s1. The van der Waals surface area contributed by atoms with Gasteiger partial charge in [0.05, 0.1) is 12.4 Å². The molecule has 23 heavy (non-hydrogen) atoms. The van der Waals surface area contributed by atoms with Crippen molar-refractivity contribution in [2.75, 3.05) is 6.54 Å². The molecule has 6 heteroatoms. The van der Waals surface area contributed by atoms with Crippen LogP contribution in [0.25, 0.3) is 5.69 Å². The van der Waals surface area contributed by atoms with E-state index in [0.717, 1.165) is 36.8 Å². The Balaban J connectivity index is 1.49. The van der Waals surface area contributed by atoms with Crippen molar-refractivity contribution in [3.8, 4) is 5.69 Å². The van der Waals surface area contributed by atoms with Crippen LogP contribution in [0.4, 0.5) is 0 Å². The maximum atomic E-state index is 4.51. The van der Waals surface area contributed by atoms with Gasteiger partial charge in [0.1, 0.15) is 5.82 Å². The fourth-order valence-corrected chi connectivity index (χ4v) is 3.24. The minimum atomic E-state index is 0.327. The van der Waals surface area contributed by atoms with E-state index in [9.17, 15) is 0 Å². The number of aromatic nitrogens is 5. The Morgan fingerprint density at radius 3 is 2.83 bits per heavy atom. The van der Waals surface area contributed by atoms with Gasteiger partial charge in [-0.05, 0) is 44.0 Å². The molecule has 1 aliphatic heterocycles. The third-order valence-electron chi connectivity index (χ3n) is 4.40.